The van der Waals surface area contributed by atoms with Crippen LogP contribution in [0.2, 0.25) is 0 Å². The first kappa shape index (κ1) is 16.1. The first-order valence-electron chi connectivity index (χ1n) is 7.60. The van der Waals surface area contributed by atoms with Crippen LogP contribution in [-0.4, -0.2) is 37.1 Å². The van der Waals surface area contributed by atoms with Gasteiger partial charge in [0.2, 0.25) is 10.0 Å². The summed E-state index contributed by atoms with van der Waals surface area (Å²) >= 11 is 0. The number of halogens is 1. The SMILES string of the molecule is CS(=O)(=O)N1CCC[C@H](c2ccc(-c3ccc(F)cc3)cn2)C1. The number of nitrogens with zero attached hydrogens (tertiary/aromatic N) is 2. The van der Waals surface area contributed by atoms with E-state index in [9.17, 15) is 12.8 Å². The average Bonchev–Trinajstić information content (AvgIpc) is 2.55. The molecular weight excluding hydrogens is 315 g/mol. The van der Waals surface area contributed by atoms with Crippen molar-refractivity contribution in [2.45, 2.75) is 18.8 Å². The number of rotatable bonds is 3. The molecule has 1 aromatic carbocycles. The minimum Gasteiger partial charge on any atom is -0.260 e. The van der Waals surface area contributed by atoms with E-state index < -0.39 is 10.0 Å². The van der Waals surface area contributed by atoms with Gasteiger partial charge in [-0.15, -0.1) is 0 Å². The van der Waals surface area contributed by atoms with Crippen molar-refractivity contribution in [1.82, 2.24) is 9.29 Å². The van der Waals surface area contributed by atoms with Gasteiger partial charge in [-0.2, -0.15) is 0 Å². The van der Waals surface area contributed by atoms with E-state index >= 15 is 0 Å². The molecule has 0 amide bonds. The van der Waals surface area contributed by atoms with Gasteiger partial charge in [-0.05, 0) is 36.6 Å². The molecule has 0 N–H and O–H groups in total. The topological polar surface area (TPSA) is 50.3 Å². The zero-order valence-corrected chi connectivity index (χ0v) is 13.8. The molecule has 1 aliphatic rings. The molecular formula is C17H19FN2O2S. The predicted molar refractivity (Wildman–Crippen MR) is 88.0 cm³/mol. The quantitative estimate of drug-likeness (QED) is 0.867. The second-order valence-corrected chi connectivity index (χ2v) is 7.92. The predicted octanol–water partition coefficient (Wildman–Crippen LogP) is 3.03. The van der Waals surface area contributed by atoms with Crippen LogP contribution in [0.15, 0.2) is 42.6 Å². The molecule has 0 aliphatic carbocycles. The Morgan fingerprint density at radius 3 is 2.43 bits per heavy atom. The van der Waals surface area contributed by atoms with Crippen LogP contribution in [0.4, 0.5) is 4.39 Å². The lowest BCUT2D eigenvalue weighted by Crippen LogP contribution is -2.38. The number of aromatic nitrogens is 1. The summed E-state index contributed by atoms with van der Waals surface area (Å²) < 4.78 is 37.9. The Morgan fingerprint density at radius 1 is 1.13 bits per heavy atom. The third kappa shape index (κ3) is 3.76. The van der Waals surface area contributed by atoms with Gasteiger partial charge in [-0.3, -0.25) is 4.98 Å². The molecule has 23 heavy (non-hydrogen) atoms. The number of benzene rings is 1. The zero-order valence-electron chi connectivity index (χ0n) is 12.9. The molecule has 1 fully saturated rings. The van der Waals surface area contributed by atoms with Gasteiger partial charge in [-0.25, -0.2) is 17.1 Å². The van der Waals surface area contributed by atoms with Crippen molar-refractivity contribution in [3.8, 4) is 11.1 Å². The van der Waals surface area contributed by atoms with Crippen molar-refractivity contribution < 1.29 is 12.8 Å². The molecule has 1 aromatic heterocycles. The fraction of sp³-hybridized carbons (Fsp3) is 0.353. The molecule has 122 valence electrons. The molecule has 0 spiro atoms. The van der Waals surface area contributed by atoms with Crippen molar-refractivity contribution in [3.63, 3.8) is 0 Å². The van der Waals surface area contributed by atoms with E-state index in [2.05, 4.69) is 4.98 Å². The fourth-order valence-corrected chi connectivity index (χ4v) is 3.86. The number of sulfonamides is 1. The lowest BCUT2D eigenvalue weighted by atomic mass is 9.95. The summed E-state index contributed by atoms with van der Waals surface area (Å²) in [7, 11) is -3.15. The van der Waals surface area contributed by atoms with Crippen LogP contribution < -0.4 is 0 Å². The Bertz CT molecular complexity index is 773. The summed E-state index contributed by atoms with van der Waals surface area (Å²) in [6.45, 7) is 1.07. The average molecular weight is 334 g/mol. The van der Waals surface area contributed by atoms with E-state index in [-0.39, 0.29) is 11.7 Å². The Kier molecular flexibility index (Phi) is 4.46. The van der Waals surface area contributed by atoms with E-state index in [1.807, 2.05) is 12.1 Å². The van der Waals surface area contributed by atoms with E-state index in [4.69, 9.17) is 0 Å². The molecule has 0 bridgehead atoms. The number of piperidine rings is 1. The molecule has 6 heteroatoms. The van der Waals surface area contributed by atoms with Crippen LogP contribution >= 0.6 is 0 Å². The normalized spacial score (nSPS) is 19.7. The fourth-order valence-electron chi connectivity index (χ4n) is 2.94. The largest absolute Gasteiger partial charge is 0.260 e. The zero-order chi connectivity index (χ0) is 16.4. The summed E-state index contributed by atoms with van der Waals surface area (Å²) in [5, 5.41) is 0. The third-order valence-electron chi connectivity index (χ3n) is 4.24. The Labute approximate surface area is 136 Å². The van der Waals surface area contributed by atoms with E-state index in [1.165, 1.54) is 22.7 Å². The van der Waals surface area contributed by atoms with E-state index in [0.29, 0.717) is 13.1 Å². The standard InChI is InChI=1S/C17H19FN2O2S/c1-23(21,22)20-10-2-3-15(12-20)17-9-6-14(11-19-17)13-4-7-16(18)8-5-13/h4-9,11,15H,2-3,10,12H2,1H3/t15-/m0/s1. The molecule has 0 radical (unpaired) electrons. The van der Waals surface area contributed by atoms with Gasteiger partial charge in [0.15, 0.2) is 0 Å². The van der Waals surface area contributed by atoms with E-state index in [0.717, 1.165) is 29.7 Å². The van der Waals surface area contributed by atoms with Crippen molar-refractivity contribution in [3.05, 3.63) is 54.1 Å². The molecule has 3 rings (SSSR count). The maximum atomic E-state index is 13.0. The van der Waals surface area contributed by atoms with Crippen molar-refractivity contribution in [1.29, 1.82) is 0 Å². The van der Waals surface area contributed by atoms with Gasteiger partial charge in [-0.1, -0.05) is 18.2 Å². The minimum absolute atomic E-state index is 0.126. The molecule has 2 aromatic rings. The van der Waals surface area contributed by atoms with Crippen LogP contribution in [0, 0.1) is 5.82 Å². The minimum atomic E-state index is -3.15. The number of pyridine rings is 1. The first-order chi connectivity index (χ1) is 10.9. The van der Waals surface area contributed by atoms with Crippen molar-refractivity contribution >= 4 is 10.0 Å². The monoisotopic (exact) mass is 334 g/mol. The highest BCUT2D eigenvalue weighted by Crippen LogP contribution is 2.28. The van der Waals surface area contributed by atoms with Gasteiger partial charge in [0.05, 0.1) is 6.26 Å². The number of hydrogen-bond acceptors (Lipinski definition) is 3. The highest BCUT2D eigenvalue weighted by atomic mass is 32.2. The Hall–Kier alpha value is -1.79. The maximum absolute atomic E-state index is 13.0. The first-order valence-corrected chi connectivity index (χ1v) is 9.45. The molecule has 0 saturated carbocycles. The summed E-state index contributed by atoms with van der Waals surface area (Å²) in [5.74, 6) is -0.137. The molecule has 2 heterocycles. The van der Waals surface area contributed by atoms with Gasteiger partial charge < -0.3 is 0 Å². The lowest BCUT2D eigenvalue weighted by molar-refractivity contribution is 0.314. The Morgan fingerprint density at radius 2 is 1.83 bits per heavy atom. The third-order valence-corrected chi connectivity index (χ3v) is 5.51. The van der Waals surface area contributed by atoms with Gasteiger partial charge >= 0.3 is 0 Å². The van der Waals surface area contributed by atoms with Gasteiger partial charge in [0.25, 0.3) is 0 Å². The maximum Gasteiger partial charge on any atom is 0.211 e. The Balaban J connectivity index is 1.78. The molecule has 0 unspecified atom stereocenters. The molecule has 4 nitrogen and oxygen atoms in total. The summed E-state index contributed by atoms with van der Waals surface area (Å²) in [6, 6.07) is 10.2. The van der Waals surface area contributed by atoms with E-state index in [1.54, 1.807) is 18.3 Å². The van der Waals surface area contributed by atoms with Gasteiger partial charge in [0, 0.05) is 36.5 Å². The van der Waals surface area contributed by atoms with Crippen molar-refractivity contribution in [2.24, 2.45) is 0 Å². The highest BCUT2D eigenvalue weighted by Gasteiger charge is 2.27. The molecule has 1 saturated heterocycles. The number of hydrogen-bond donors (Lipinski definition) is 0. The van der Waals surface area contributed by atoms with Crippen LogP contribution in [-0.2, 0) is 10.0 Å². The second-order valence-electron chi connectivity index (χ2n) is 5.94. The van der Waals surface area contributed by atoms with Crippen LogP contribution in [0.3, 0.4) is 0 Å². The molecule has 1 aliphatic heterocycles. The smallest absolute Gasteiger partial charge is 0.211 e. The van der Waals surface area contributed by atoms with Crippen LogP contribution in [0.25, 0.3) is 11.1 Å². The summed E-state index contributed by atoms with van der Waals surface area (Å²) in [5.41, 5.74) is 2.74. The highest BCUT2D eigenvalue weighted by molar-refractivity contribution is 7.88. The lowest BCUT2D eigenvalue weighted by Gasteiger charge is -2.30. The summed E-state index contributed by atoms with van der Waals surface area (Å²) in [6.07, 6.45) is 4.80. The second kappa shape index (κ2) is 6.37. The summed E-state index contributed by atoms with van der Waals surface area (Å²) in [4.78, 5) is 4.50. The van der Waals surface area contributed by atoms with Crippen molar-refractivity contribution in [2.75, 3.05) is 19.3 Å². The van der Waals surface area contributed by atoms with Crippen LogP contribution in [0.1, 0.15) is 24.5 Å². The van der Waals surface area contributed by atoms with Crippen LogP contribution in [0.5, 0.6) is 0 Å². The van der Waals surface area contributed by atoms with Gasteiger partial charge in [0.1, 0.15) is 5.82 Å². The molecule has 1 atom stereocenters.